The molecule has 1 heterocycles. The largest absolute Gasteiger partial charge is 0.355 e. The van der Waals surface area contributed by atoms with Crippen LogP contribution in [-0.4, -0.2) is 43.5 Å². The molecule has 1 atom stereocenters. The molecule has 2 aliphatic rings. The van der Waals surface area contributed by atoms with E-state index in [-0.39, 0.29) is 11.3 Å². The average molecular weight is 253 g/mol. The Morgan fingerprint density at radius 2 is 2.22 bits per heavy atom. The standard InChI is InChI=1S/C14H27N3O/c1-3-17-5-4-12(9-17)8-16-13(18)14(10-15)6-11(2)7-14/h11-12H,3-10,15H2,1-2H3,(H,16,18). The van der Waals surface area contributed by atoms with Crippen LogP contribution in [0, 0.1) is 17.3 Å². The summed E-state index contributed by atoms with van der Waals surface area (Å²) >= 11 is 0. The molecule has 1 aliphatic carbocycles. The van der Waals surface area contributed by atoms with Crippen molar-refractivity contribution in [3.05, 3.63) is 0 Å². The molecule has 0 aromatic carbocycles. The summed E-state index contributed by atoms with van der Waals surface area (Å²) in [6.45, 7) is 9.13. The van der Waals surface area contributed by atoms with Crippen LogP contribution in [0.15, 0.2) is 0 Å². The average Bonchev–Trinajstić information content (AvgIpc) is 2.79. The fourth-order valence-corrected chi connectivity index (χ4v) is 3.51. The number of nitrogens with zero attached hydrogens (tertiary/aromatic N) is 1. The molecule has 0 bridgehead atoms. The molecular weight excluding hydrogens is 226 g/mol. The highest BCUT2D eigenvalue weighted by molar-refractivity contribution is 5.83. The maximum atomic E-state index is 12.2. The van der Waals surface area contributed by atoms with Crippen molar-refractivity contribution in [3.8, 4) is 0 Å². The quantitative estimate of drug-likeness (QED) is 0.762. The van der Waals surface area contributed by atoms with E-state index in [0.29, 0.717) is 18.4 Å². The number of rotatable bonds is 5. The molecule has 1 saturated carbocycles. The van der Waals surface area contributed by atoms with E-state index in [1.807, 2.05) is 0 Å². The van der Waals surface area contributed by atoms with E-state index in [4.69, 9.17) is 5.73 Å². The highest BCUT2D eigenvalue weighted by Crippen LogP contribution is 2.44. The fraction of sp³-hybridized carbons (Fsp3) is 0.929. The number of nitrogens with one attached hydrogen (secondary N) is 1. The predicted molar refractivity (Wildman–Crippen MR) is 73.1 cm³/mol. The molecule has 0 aromatic heterocycles. The minimum atomic E-state index is -0.248. The number of amides is 1. The Hall–Kier alpha value is -0.610. The predicted octanol–water partition coefficient (Wildman–Crippen LogP) is 0.819. The highest BCUT2D eigenvalue weighted by atomic mass is 16.2. The van der Waals surface area contributed by atoms with Crippen molar-refractivity contribution in [3.63, 3.8) is 0 Å². The van der Waals surface area contributed by atoms with E-state index in [0.717, 1.165) is 32.5 Å². The lowest BCUT2D eigenvalue weighted by Gasteiger charge is -2.44. The number of nitrogens with two attached hydrogens (primary N) is 1. The van der Waals surface area contributed by atoms with Crippen LogP contribution in [0.25, 0.3) is 0 Å². The molecule has 4 nitrogen and oxygen atoms in total. The van der Waals surface area contributed by atoms with Crippen LogP contribution in [0.5, 0.6) is 0 Å². The van der Waals surface area contributed by atoms with Crippen LogP contribution in [0.3, 0.4) is 0 Å². The van der Waals surface area contributed by atoms with Gasteiger partial charge in [0.1, 0.15) is 0 Å². The van der Waals surface area contributed by atoms with Crippen molar-refractivity contribution in [1.82, 2.24) is 10.2 Å². The minimum absolute atomic E-state index is 0.193. The monoisotopic (exact) mass is 253 g/mol. The van der Waals surface area contributed by atoms with Crippen molar-refractivity contribution >= 4 is 5.91 Å². The Labute approximate surface area is 110 Å². The van der Waals surface area contributed by atoms with E-state index in [9.17, 15) is 4.79 Å². The second kappa shape index (κ2) is 5.57. The third-order valence-corrected chi connectivity index (χ3v) is 4.72. The van der Waals surface area contributed by atoms with Gasteiger partial charge in [-0.2, -0.15) is 0 Å². The lowest BCUT2D eigenvalue weighted by molar-refractivity contribution is -0.138. The fourth-order valence-electron chi connectivity index (χ4n) is 3.51. The van der Waals surface area contributed by atoms with Crippen molar-refractivity contribution in [1.29, 1.82) is 0 Å². The zero-order valence-electron chi connectivity index (χ0n) is 11.7. The van der Waals surface area contributed by atoms with Gasteiger partial charge in [0.05, 0.1) is 5.41 Å². The summed E-state index contributed by atoms with van der Waals surface area (Å²) in [5, 5.41) is 3.14. The van der Waals surface area contributed by atoms with Crippen LogP contribution >= 0.6 is 0 Å². The van der Waals surface area contributed by atoms with Gasteiger partial charge in [-0.05, 0) is 44.2 Å². The molecule has 2 rings (SSSR count). The summed E-state index contributed by atoms with van der Waals surface area (Å²) in [6, 6.07) is 0. The smallest absolute Gasteiger partial charge is 0.227 e. The lowest BCUT2D eigenvalue weighted by Crippen LogP contribution is -2.54. The molecular formula is C14H27N3O. The second-order valence-electron chi connectivity index (χ2n) is 6.26. The molecule has 1 aliphatic heterocycles. The van der Waals surface area contributed by atoms with Gasteiger partial charge in [-0.3, -0.25) is 4.79 Å². The topological polar surface area (TPSA) is 58.4 Å². The van der Waals surface area contributed by atoms with E-state index in [1.54, 1.807) is 0 Å². The first kappa shape index (κ1) is 13.8. The van der Waals surface area contributed by atoms with Gasteiger partial charge in [-0.15, -0.1) is 0 Å². The maximum Gasteiger partial charge on any atom is 0.227 e. The zero-order valence-corrected chi connectivity index (χ0v) is 11.7. The molecule has 2 fully saturated rings. The second-order valence-corrected chi connectivity index (χ2v) is 6.26. The van der Waals surface area contributed by atoms with Gasteiger partial charge >= 0.3 is 0 Å². The lowest BCUT2D eigenvalue weighted by atomic mass is 9.62. The third-order valence-electron chi connectivity index (χ3n) is 4.72. The Morgan fingerprint density at radius 1 is 1.50 bits per heavy atom. The van der Waals surface area contributed by atoms with Crippen LogP contribution in [-0.2, 0) is 4.79 Å². The molecule has 4 heteroatoms. The SMILES string of the molecule is CCN1CCC(CNC(=O)C2(CN)CC(C)C2)C1. The first-order valence-corrected chi connectivity index (χ1v) is 7.30. The van der Waals surface area contributed by atoms with Gasteiger partial charge < -0.3 is 16.0 Å². The van der Waals surface area contributed by atoms with Gasteiger partial charge in [0, 0.05) is 19.6 Å². The number of carbonyl (C=O) groups excluding carboxylic acids is 1. The van der Waals surface area contributed by atoms with E-state index < -0.39 is 0 Å². The van der Waals surface area contributed by atoms with Gasteiger partial charge in [-0.25, -0.2) is 0 Å². The van der Waals surface area contributed by atoms with Crippen molar-refractivity contribution < 1.29 is 4.79 Å². The molecule has 104 valence electrons. The Kier molecular flexibility index (Phi) is 4.28. The first-order valence-electron chi connectivity index (χ1n) is 7.30. The number of likely N-dealkylation sites (tertiary alicyclic amines) is 1. The molecule has 0 aromatic rings. The molecule has 0 spiro atoms. The summed E-state index contributed by atoms with van der Waals surface area (Å²) in [5.41, 5.74) is 5.54. The van der Waals surface area contributed by atoms with Gasteiger partial charge in [-0.1, -0.05) is 13.8 Å². The van der Waals surface area contributed by atoms with Gasteiger partial charge in [0.15, 0.2) is 0 Å². The summed E-state index contributed by atoms with van der Waals surface area (Å²) in [7, 11) is 0. The van der Waals surface area contributed by atoms with E-state index in [1.165, 1.54) is 13.0 Å². The maximum absolute atomic E-state index is 12.2. The summed E-state index contributed by atoms with van der Waals surface area (Å²) < 4.78 is 0. The highest BCUT2D eigenvalue weighted by Gasteiger charge is 2.47. The van der Waals surface area contributed by atoms with E-state index >= 15 is 0 Å². The summed E-state index contributed by atoms with van der Waals surface area (Å²) in [4.78, 5) is 14.7. The van der Waals surface area contributed by atoms with Crippen molar-refractivity contribution in [2.45, 2.75) is 33.1 Å². The van der Waals surface area contributed by atoms with Gasteiger partial charge in [0.2, 0.25) is 5.91 Å². The number of carbonyl (C=O) groups is 1. The van der Waals surface area contributed by atoms with Crippen LogP contribution in [0.2, 0.25) is 0 Å². The van der Waals surface area contributed by atoms with Crippen LogP contribution in [0.1, 0.15) is 33.1 Å². The number of hydrogen-bond donors (Lipinski definition) is 2. The minimum Gasteiger partial charge on any atom is -0.355 e. The van der Waals surface area contributed by atoms with Crippen molar-refractivity contribution in [2.24, 2.45) is 23.0 Å². The summed E-state index contributed by atoms with van der Waals surface area (Å²) in [6.07, 6.45) is 3.13. The molecule has 3 N–H and O–H groups in total. The Morgan fingerprint density at radius 3 is 2.72 bits per heavy atom. The van der Waals surface area contributed by atoms with Crippen LogP contribution in [0.4, 0.5) is 0 Å². The normalized spacial score (nSPS) is 36.4. The summed E-state index contributed by atoms with van der Waals surface area (Å²) in [5.74, 6) is 1.47. The molecule has 1 saturated heterocycles. The van der Waals surface area contributed by atoms with Crippen molar-refractivity contribution in [2.75, 3.05) is 32.7 Å². The molecule has 1 unspecified atom stereocenters. The third kappa shape index (κ3) is 2.69. The molecule has 1 amide bonds. The van der Waals surface area contributed by atoms with Gasteiger partial charge in [0.25, 0.3) is 0 Å². The zero-order chi connectivity index (χ0) is 13.2. The number of hydrogen-bond acceptors (Lipinski definition) is 3. The Balaban J connectivity index is 1.75. The van der Waals surface area contributed by atoms with E-state index in [2.05, 4.69) is 24.1 Å². The molecule has 18 heavy (non-hydrogen) atoms. The molecule has 0 radical (unpaired) electrons. The first-order chi connectivity index (χ1) is 8.59. The van der Waals surface area contributed by atoms with Crippen LogP contribution < -0.4 is 11.1 Å². The Bertz CT molecular complexity index is 299.